The van der Waals surface area contributed by atoms with E-state index >= 15 is 0 Å². The first kappa shape index (κ1) is 17.9. The molecule has 3 atom stereocenters. The molecule has 128 valence electrons. The van der Waals surface area contributed by atoms with Gasteiger partial charge in [0.05, 0.1) is 25.3 Å². The van der Waals surface area contributed by atoms with Crippen LogP contribution in [0.15, 0.2) is 30.3 Å². The molecule has 1 aliphatic heterocycles. The molecule has 0 radical (unpaired) electrons. The molecular formula is C18H29N3O2. The molecule has 1 saturated heterocycles. The second-order valence-electron chi connectivity index (χ2n) is 6.48. The molecule has 5 heteroatoms. The van der Waals surface area contributed by atoms with Gasteiger partial charge < -0.3 is 15.0 Å². The largest absolute Gasteiger partial charge is 0.376 e. The van der Waals surface area contributed by atoms with Gasteiger partial charge in [0, 0.05) is 19.1 Å². The molecule has 0 unspecified atom stereocenters. The molecule has 1 heterocycles. The number of carbonyl (C=O) groups is 1. The van der Waals surface area contributed by atoms with Gasteiger partial charge in [-0.3, -0.25) is 9.69 Å². The third-order valence-electron chi connectivity index (χ3n) is 4.66. The second-order valence-corrected chi connectivity index (χ2v) is 6.48. The number of carbonyl (C=O) groups excluding carboxylic acids is 1. The summed E-state index contributed by atoms with van der Waals surface area (Å²) in [6.45, 7) is 6.74. The van der Waals surface area contributed by atoms with Crippen molar-refractivity contribution in [1.29, 1.82) is 0 Å². The quantitative estimate of drug-likeness (QED) is 0.863. The predicted octanol–water partition coefficient (Wildman–Crippen LogP) is 1.51. The molecule has 1 aromatic rings. The summed E-state index contributed by atoms with van der Waals surface area (Å²) in [6, 6.07) is 10.7. The molecule has 0 aromatic heterocycles. The lowest BCUT2D eigenvalue weighted by Crippen LogP contribution is -2.52. The lowest BCUT2D eigenvalue weighted by Gasteiger charge is -2.37. The first-order chi connectivity index (χ1) is 11.0. The fourth-order valence-electron chi connectivity index (χ4n) is 2.94. The van der Waals surface area contributed by atoms with Crippen LogP contribution in [0.5, 0.6) is 0 Å². The maximum Gasteiger partial charge on any atom is 0.234 e. The van der Waals surface area contributed by atoms with Gasteiger partial charge >= 0.3 is 0 Å². The van der Waals surface area contributed by atoms with E-state index in [1.54, 1.807) is 0 Å². The summed E-state index contributed by atoms with van der Waals surface area (Å²) < 4.78 is 5.61. The van der Waals surface area contributed by atoms with E-state index < -0.39 is 0 Å². The van der Waals surface area contributed by atoms with Crippen LogP contribution >= 0.6 is 0 Å². The second kappa shape index (κ2) is 8.43. The van der Waals surface area contributed by atoms with Crippen molar-refractivity contribution in [1.82, 2.24) is 15.1 Å². The Hall–Kier alpha value is -1.43. The number of amides is 1. The van der Waals surface area contributed by atoms with E-state index in [4.69, 9.17) is 4.74 Å². The Labute approximate surface area is 139 Å². The van der Waals surface area contributed by atoms with E-state index in [0.717, 1.165) is 6.54 Å². The minimum Gasteiger partial charge on any atom is -0.376 e. The molecule has 23 heavy (non-hydrogen) atoms. The van der Waals surface area contributed by atoms with Crippen LogP contribution in [0.1, 0.15) is 25.5 Å². The molecule has 1 aliphatic rings. The Balaban J connectivity index is 1.87. The maximum absolute atomic E-state index is 12.3. The van der Waals surface area contributed by atoms with Gasteiger partial charge in [0.25, 0.3) is 0 Å². The number of likely N-dealkylation sites (N-methyl/N-ethyl adjacent to an activating group) is 1. The zero-order chi connectivity index (χ0) is 16.8. The molecule has 1 amide bonds. The average Bonchev–Trinajstić information content (AvgIpc) is 2.53. The zero-order valence-electron chi connectivity index (χ0n) is 14.7. The van der Waals surface area contributed by atoms with E-state index in [2.05, 4.69) is 41.1 Å². The van der Waals surface area contributed by atoms with Crippen LogP contribution in [0.2, 0.25) is 0 Å². The van der Waals surface area contributed by atoms with Crippen molar-refractivity contribution >= 4 is 5.91 Å². The number of nitrogens with zero attached hydrogens (tertiary/aromatic N) is 2. The summed E-state index contributed by atoms with van der Waals surface area (Å²) >= 11 is 0. The number of ether oxygens (including phenoxy) is 1. The molecule has 0 spiro atoms. The summed E-state index contributed by atoms with van der Waals surface area (Å²) in [7, 11) is 4.07. The molecular weight excluding hydrogens is 290 g/mol. The normalized spacial score (nSPS) is 23.7. The number of hydrogen-bond donors (Lipinski definition) is 1. The first-order valence-corrected chi connectivity index (χ1v) is 8.32. The van der Waals surface area contributed by atoms with E-state index in [-0.39, 0.29) is 24.1 Å². The Morgan fingerprint density at radius 1 is 1.35 bits per heavy atom. The van der Waals surface area contributed by atoms with E-state index in [9.17, 15) is 4.79 Å². The highest BCUT2D eigenvalue weighted by molar-refractivity contribution is 5.78. The Bertz CT molecular complexity index is 492. The topological polar surface area (TPSA) is 44.8 Å². The van der Waals surface area contributed by atoms with Crippen LogP contribution in [0.4, 0.5) is 0 Å². The number of hydrogen-bond acceptors (Lipinski definition) is 4. The highest BCUT2D eigenvalue weighted by Crippen LogP contribution is 2.17. The van der Waals surface area contributed by atoms with Gasteiger partial charge in [-0.15, -0.1) is 0 Å². The number of benzene rings is 1. The van der Waals surface area contributed by atoms with Crippen molar-refractivity contribution in [3.63, 3.8) is 0 Å². The van der Waals surface area contributed by atoms with Gasteiger partial charge in [-0.1, -0.05) is 30.3 Å². The molecule has 0 saturated carbocycles. The minimum absolute atomic E-state index is 0.0775. The molecule has 1 fully saturated rings. The molecule has 0 bridgehead atoms. The fraction of sp³-hybridized carbons (Fsp3) is 0.611. The van der Waals surface area contributed by atoms with Crippen molar-refractivity contribution in [3.8, 4) is 0 Å². The monoisotopic (exact) mass is 319 g/mol. The van der Waals surface area contributed by atoms with E-state index in [1.165, 1.54) is 5.56 Å². The fourth-order valence-corrected chi connectivity index (χ4v) is 2.94. The molecule has 0 aliphatic carbocycles. The van der Waals surface area contributed by atoms with Crippen LogP contribution < -0.4 is 5.32 Å². The van der Waals surface area contributed by atoms with Crippen LogP contribution in [0, 0.1) is 0 Å². The molecule has 1 N–H and O–H groups in total. The molecule has 5 nitrogen and oxygen atoms in total. The third kappa shape index (κ3) is 5.03. The SMILES string of the molecule is C[C@@H]1OCCN(CC(=O)NC[C@H](c2ccccc2)N(C)C)[C@@H]1C. The molecule has 1 aromatic carbocycles. The van der Waals surface area contributed by atoms with Crippen molar-refractivity contribution in [3.05, 3.63) is 35.9 Å². The van der Waals surface area contributed by atoms with Gasteiger partial charge in [-0.05, 0) is 33.5 Å². The summed E-state index contributed by atoms with van der Waals surface area (Å²) in [6.07, 6.45) is 0.176. The predicted molar refractivity (Wildman–Crippen MR) is 92.3 cm³/mol. The maximum atomic E-state index is 12.3. The molecule has 2 rings (SSSR count). The Kier molecular flexibility index (Phi) is 6.57. The number of nitrogens with one attached hydrogen (secondary N) is 1. The van der Waals surface area contributed by atoms with Crippen LogP contribution in [0.25, 0.3) is 0 Å². The number of morpholine rings is 1. The van der Waals surface area contributed by atoms with Crippen molar-refractivity contribution in [2.45, 2.75) is 32.0 Å². The Morgan fingerprint density at radius 3 is 2.70 bits per heavy atom. The van der Waals surface area contributed by atoms with E-state index in [1.807, 2.05) is 32.3 Å². The van der Waals surface area contributed by atoms with Crippen LogP contribution in [-0.2, 0) is 9.53 Å². The lowest BCUT2D eigenvalue weighted by molar-refractivity contribution is -0.126. The Morgan fingerprint density at radius 2 is 2.04 bits per heavy atom. The van der Waals surface area contributed by atoms with Gasteiger partial charge in [0.15, 0.2) is 0 Å². The van der Waals surface area contributed by atoms with Gasteiger partial charge in [-0.25, -0.2) is 0 Å². The van der Waals surface area contributed by atoms with Gasteiger partial charge in [0.1, 0.15) is 0 Å². The van der Waals surface area contributed by atoms with Crippen LogP contribution in [-0.4, -0.2) is 68.2 Å². The van der Waals surface area contributed by atoms with E-state index in [0.29, 0.717) is 19.7 Å². The summed E-state index contributed by atoms with van der Waals surface area (Å²) in [5, 5.41) is 3.08. The van der Waals surface area contributed by atoms with Crippen LogP contribution in [0.3, 0.4) is 0 Å². The van der Waals surface area contributed by atoms with Gasteiger partial charge in [-0.2, -0.15) is 0 Å². The third-order valence-corrected chi connectivity index (χ3v) is 4.66. The van der Waals surface area contributed by atoms with Crippen molar-refractivity contribution in [2.75, 3.05) is 40.3 Å². The summed E-state index contributed by atoms with van der Waals surface area (Å²) in [4.78, 5) is 16.6. The summed E-state index contributed by atoms with van der Waals surface area (Å²) in [5.74, 6) is 0.0775. The van der Waals surface area contributed by atoms with Crippen molar-refractivity contribution < 1.29 is 9.53 Å². The lowest BCUT2D eigenvalue weighted by atomic mass is 10.1. The average molecular weight is 319 g/mol. The highest BCUT2D eigenvalue weighted by atomic mass is 16.5. The zero-order valence-corrected chi connectivity index (χ0v) is 14.7. The minimum atomic E-state index is 0.0775. The standard InChI is InChI=1S/C18H29N3O2/c1-14-15(2)23-11-10-21(14)13-18(22)19-12-17(20(3)4)16-8-6-5-7-9-16/h5-9,14-15,17H,10-13H2,1-4H3,(H,19,22)/t14-,15+,17-/m1/s1. The first-order valence-electron chi connectivity index (χ1n) is 8.32. The smallest absolute Gasteiger partial charge is 0.234 e. The van der Waals surface area contributed by atoms with Crippen molar-refractivity contribution in [2.24, 2.45) is 0 Å². The van der Waals surface area contributed by atoms with Gasteiger partial charge in [0.2, 0.25) is 5.91 Å². The number of rotatable bonds is 6. The highest BCUT2D eigenvalue weighted by Gasteiger charge is 2.27. The summed E-state index contributed by atoms with van der Waals surface area (Å²) in [5.41, 5.74) is 1.21.